The van der Waals surface area contributed by atoms with Crippen molar-refractivity contribution in [2.75, 3.05) is 45.6 Å². The topological polar surface area (TPSA) is 83.0 Å². The Labute approximate surface area is 155 Å². The molecule has 1 aromatic carbocycles. The highest BCUT2D eigenvalue weighted by molar-refractivity contribution is 5.92. The largest absolute Gasteiger partial charge is 0.418 e. The van der Waals surface area contributed by atoms with Crippen molar-refractivity contribution in [3.05, 3.63) is 29.8 Å². The first-order valence-corrected chi connectivity index (χ1v) is 8.32. The van der Waals surface area contributed by atoms with Gasteiger partial charge in [0.1, 0.15) is 0 Å². The van der Waals surface area contributed by atoms with Crippen LogP contribution in [0.1, 0.15) is 12.5 Å². The molecule has 0 aliphatic carbocycles. The lowest BCUT2D eigenvalue weighted by Gasteiger charge is -2.21. The number of alkyl halides is 3. The molecule has 0 saturated carbocycles. The number of nitrogens with zero attached hydrogens (tertiary/aromatic N) is 1. The van der Waals surface area contributed by atoms with Gasteiger partial charge >= 0.3 is 6.18 Å². The van der Waals surface area contributed by atoms with Crippen molar-refractivity contribution in [3.8, 4) is 0 Å². The number of carbonyl (C=O) groups is 3. The molecule has 1 aromatic rings. The van der Waals surface area contributed by atoms with E-state index in [4.69, 9.17) is 0 Å². The van der Waals surface area contributed by atoms with Crippen molar-refractivity contribution in [3.63, 3.8) is 0 Å². The number of rotatable bonds is 8. The van der Waals surface area contributed by atoms with E-state index in [2.05, 4.69) is 10.6 Å². The maximum absolute atomic E-state index is 13.0. The van der Waals surface area contributed by atoms with Crippen molar-refractivity contribution in [1.82, 2.24) is 10.2 Å². The summed E-state index contributed by atoms with van der Waals surface area (Å²) in [6.45, 7) is 1.81. The second-order valence-corrected chi connectivity index (χ2v) is 5.97. The molecule has 3 N–H and O–H groups in total. The molecule has 150 valence electrons. The molecule has 0 aliphatic rings. The minimum absolute atomic E-state index is 0.0572. The van der Waals surface area contributed by atoms with Gasteiger partial charge in [0.05, 0.1) is 24.3 Å². The SMILES string of the molecule is CC[NH+](CC(=O)Nc1ccccc1C(F)(F)F)CC(=O)N(C)CC(=O)NC. The van der Waals surface area contributed by atoms with Crippen LogP contribution in [0, 0.1) is 0 Å². The molecular formula is C17H24F3N4O3+. The highest BCUT2D eigenvalue weighted by atomic mass is 19.4. The molecule has 0 spiro atoms. The van der Waals surface area contributed by atoms with Gasteiger partial charge in [-0.05, 0) is 19.1 Å². The highest BCUT2D eigenvalue weighted by Crippen LogP contribution is 2.34. The Balaban J connectivity index is 2.70. The van der Waals surface area contributed by atoms with Gasteiger partial charge in [-0.3, -0.25) is 14.4 Å². The van der Waals surface area contributed by atoms with Crippen molar-refractivity contribution in [1.29, 1.82) is 0 Å². The molecule has 1 rings (SSSR count). The number of amides is 3. The minimum atomic E-state index is -4.58. The van der Waals surface area contributed by atoms with Crippen LogP contribution in [0.25, 0.3) is 0 Å². The van der Waals surface area contributed by atoms with Crippen LogP contribution in [0.2, 0.25) is 0 Å². The molecule has 0 aliphatic heterocycles. The Morgan fingerprint density at radius 2 is 1.74 bits per heavy atom. The summed E-state index contributed by atoms with van der Waals surface area (Å²) in [5.74, 6) is -1.31. The normalized spacial score (nSPS) is 12.2. The van der Waals surface area contributed by atoms with Gasteiger partial charge in [-0.1, -0.05) is 12.1 Å². The number of hydrogen-bond acceptors (Lipinski definition) is 3. The lowest BCUT2D eigenvalue weighted by Crippen LogP contribution is -3.13. The van der Waals surface area contributed by atoms with E-state index in [-0.39, 0.29) is 37.1 Å². The van der Waals surface area contributed by atoms with E-state index in [1.54, 1.807) is 6.92 Å². The maximum Gasteiger partial charge on any atom is 0.418 e. The first kappa shape index (κ1) is 22.4. The fraction of sp³-hybridized carbons (Fsp3) is 0.471. The number of para-hydroxylation sites is 1. The molecule has 0 aromatic heterocycles. The summed E-state index contributed by atoms with van der Waals surface area (Å²) in [6, 6.07) is 4.70. The summed E-state index contributed by atoms with van der Waals surface area (Å²) < 4.78 is 38.9. The standard InChI is InChI=1S/C17H23F3N4O3/c1-4-24(11-16(27)23(3)9-14(25)21-2)10-15(26)22-13-8-6-5-7-12(13)17(18,19)20/h5-8H,4,9-11H2,1-3H3,(H,21,25)(H,22,26)/p+1. The predicted molar refractivity (Wildman–Crippen MR) is 93.0 cm³/mol. The molecular weight excluding hydrogens is 365 g/mol. The number of benzene rings is 1. The Morgan fingerprint density at radius 1 is 1.11 bits per heavy atom. The maximum atomic E-state index is 13.0. The van der Waals surface area contributed by atoms with E-state index in [0.717, 1.165) is 6.07 Å². The van der Waals surface area contributed by atoms with Crippen LogP contribution in [-0.2, 0) is 20.6 Å². The summed E-state index contributed by atoms with van der Waals surface area (Å²) in [5.41, 5.74) is -1.26. The summed E-state index contributed by atoms with van der Waals surface area (Å²) >= 11 is 0. The van der Waals surface area contributed by atoms with Crippen LogP contribution in [0.4, 0.5) is 18.9 Å². The Morgan fingerprint density at radius 3 is 2.30 bits per heavy atom. The van der Waals surface area contributed by atoms with Gasteiger partial charge in [-0.2, -0.15) is 13.2 Å². The van der Waals surface area contributed by atoms with Crippen molar-refractivity contribution < 1.29 is 32.5 Å². The second-order valence-electron chi connectivity index (χ2n) is 5.97. The van der Waals surface area contributed by atoms with Crippen LogP contribution in [-0.4, -0.2) is 62.9 Å². The van der Waals surface area contributed by atoms with Gasteiger partial charge in [0.25, 0.3) is 11.8 Å². The van der Waals surface area contributed by atoms with Crippen LogP contribution in [0.3, 0.4) is 0 Å². The highest BCUT2D eigenvalue weighted by Gasteiger charge is 2.33. The predicted octanol–water partition coefficient (Wildman–Crippen LogP) is -0.247. The van der Waals surface area contributed by atoms with Crippen LogP contribution >= 0.6 is 0 Å². The zero-order chi connectivity index (χ0) is 20.6. The monoisotopic (exact) mass is 389 g/mol. The van der Waals surface area contributed by atoms with Gasteiger partial charge in [-0.15, -0.1) is 0 Å². The van der Waals surface area contributed by atoms with Crippen molar-refractivity contribution in [2.24, 2.45) is 0 Å². The van der Waals surface area contributed by atoms with Gasteiger partial charge in [0.15, 0.2) is 13.1 Å². The summed E-state index contributed by atoms with van der Waals surface area (Å²) in [6.07, 6.45) is -4.58. The number of halogens is 3. The third-order valence-corrected chi connectivity index (χ3v) is 3.90. The summed E-state index contributed by atoms with van der Waals surface area (Å²) in [7, 11) is 2.91. The lowest BCUT2D eigenvalue weighted by atomic mass is 10.1. The molecule has 1 unspecified atom stereocenters. The van der Waals surface area contributed by atoms with Gasteiger partial charge < -0.3 is 20.4 Å². The third-order valence-electron chi connectivity index (χ3n) is 3.90. The zero-order valence-electron chi connectivity index (χ0n) is 15.4. The molecule has 3 amide bonds. The number of quaternary nitrogens is 1. The van der Waals surface area contributed by atoms with E-state index in [1.165, 1.54) is 37.2 Å². The number of likely N-dealkylation sites (N-methyl/N-ethyl adjacent to an activating group) is 3. The zero-order valence-corrected chi connectivity index (χ0v) is 15.4. The van der Waals surface area contributed by atoms with Gasteiger partial charge in [0.2, 0.25) is 5.91 Å². The molecule has 0 heterocycles. The fourth-order valence-electron chi connectivity index (χ4n) is 2.30. The molecule has 0 fully saturated rings. The average Bonchev–Trinajstić information content (AvgIpc) is 2.60. The van der Waals surface area contributed by atoms with E-state index in [9.17, 15) is 27.6 Å². The van der Waals surface area contributed by atoms with Crippen molar-refractivity contribution in [2.45, 2.75) is 13.1 Å². The average molecular weight is 389 g/mol. The smallest absolute Gasteiger partial charge is 0.358 e. The Hall–Kier alpha value is -2.62. The molecule has 0 bridgehead atoms. The lowest BCUT2D eigenvalue weighted by molar-refractivity contribution is -0.881. The van der Waals surface area contributed by atoms with Crippen LogP contribution in [0.5, 0.6) is 0 Å². The molecule has 0 saturated heterocycles. The number of anilines is 1. The van der Waals surface area contributed by atoms with Crippen LogP contribution < -0.4 is 15.5 Å². The van der Waals surface area contributed by atoms with Crippen LogP contribution in [0.15, 0.2) is 24.3 Å². The fourth-order valence-corrected chi connectivity index (χ4v) is 2.30. The second kappa shape index (κ2) is 9.91. The molecule has 0 radical (unpaired) electrons. The first-order valence-electron chi connectivity index (χ1n) is 8.32. The summed E-state index contributed by atoms with van der Waals surface area (Å²) in [5, 5.41) is 4.66. The Kier molecular flexibility index (Phi) is 8.23. The van der Waals surface area contributed by atoms with E-state index in [1.807, 2.05) is 0 Å². The van der Waals surface area contributed by atoms with E-state index < -0.39 is 17.6 Å². The molecule has 7 nitrogen and oxygen atoms in total. The van der Waals surface area contributed by atoms with Crippen molar-refractivity contribution >= 4 is 23.4 Å². The third kappa shape index (κ3) is 7.26. The molecule has 10 heteroatoms. The molecule has 1 atom stereocenters. The number of hydrogen-bond donors (Lipinski definition) is 3. The number of nitrogens with one attached hydrogen (secondary N) is 3. The first-order chi connectivity index (χ1) is 12.6. The van der Waals surface area contributed by atoms with Gasteiger partial charge in [-0.25, -0.2) is 0 Å². The number of carbonyl (C=O) groups excluding carboxylic acids is 3. The quantitative estimate of drug-likeness (QED) is 0.574. The van der Waals surface area contributed by atoms with Gasteiger partial charge in [0, 0.05) is 14.1 Å². The Bertz CT molecular complexity index is 680. The van der Waals surface area contributed by atoms with E-state index >= 15 is 0 Å². The minimum Gasteiger partial charge on any atom is -0.358 e. The van der Waals surface area contributed by atoms with E-state index in [0.29, 0.717) is 11.4 Å². The summed E-state index contributed by atoms with van der Waals surface area (Å²) in [4.78, 5) is 37.4. The molecule has 27 heavy (non-hydrogen) atoms.